The summed E-state index contributed by atoms with van der Waals surface area (Å²) in [7, 11) is 1.17. The van der Waals surface area contributed by atoms with Crippen molar-refractivity contribution in [3.63, 3.8) is 0 Å². The van der Waals surface area contributed by atoms with Crippen LogP contribution in [0.1, 0.15) is 71.1 Å². The Morgan fingerprint density at radius 2 is 1.48 bits per heavy atom. The molecule has 2 N–H and O–H groups in total. The lowest BCUT2D eigenvalue weighted by Gasteiger charge is -2.30. The van der Waals surface area contributed by atoms with Gasteiger partial charge in [0, 0.05) is 23.8 Å². The van der Waals surface area contributed by atoms with Crippen LogP contribution in [0.4, 0.5) is 0 Å². The zero-order valence-electron chi connectivity index (χ0n) is 17.9. The van der Waals surface area contributed by atoms with E-state index in [1.54, 1.807) is 6.92 Å². The number of nitrogens with zero attached hydrogens (tertiary/aromatic N) is 1. The summed E-state index contributed by atoms with van der Waals surface area (Å²) in [6.07, 6.45) is 14.6. The molecule has 0 aromatic rings. The molecule has 0 aromatic carbocycles. The van der Waals surface area contributed by atoms with Gasteiger partial charge in [0.1, 0.15) is 13.1 Å². The number of carboxylic acid groups (broad SMARTS) is 1. The molecule has 7 nitrogen and oxygen atoms in total. The van der Waals surface area contributed by atoms with Gasteiger partial charge in [0.05, 0.1) is 7.11 Å². The third-order valence-corrected chi connectivity index (χ3v) is 6.11. The van der Waals surface area contributed by atoms with E-state index >= 15 is 0 Å². The summed E-state index contributed by atoms with van der Waals surface area (Å²) in [6, 6.07) is 1.74. The lowest BCUT2D eigenvalue weighted by molar-refractivity contribution is -0.152. The third-order valence-electron chi connectivity index (χ3n) is 5.56. The average molecular weight is 431 g/mol. The number of esters is 1. The van der Waals surface area contributed by atoms with Crippen LogP contribution in [-0.2, 0) is 19.1 Å². The van der Waals surface area contributed by atoms with Gasteiger partial charge < -0.3 is 20.1 Å². The summed E-state index contributed by atoms with van der Waals surface area (Å²) >= 11 is 3.94. The van der Waals surface area contributed by atoms with Gasteiger partial charge in [-0.15, -0.1) is 0 Å². The molecule has 0 aromatic heterocycles. The molecule has 2 aliphatic carbocycles. The summed E-state index contributed by atoms with van der Waals surface area (Å²) in [5, 5.41) is 12.5. The van der Waals surface area contributed by atoms with Gasteiger partial charge >= 0.3 is 11.9 Å². The fourth-order valence-electron chi connectivity index (χ4n) is 3.86. The van der Waals surface area contributed by atoms with Crippen LogP contribution in [0.25, 0.3) is 0 Å². The molecule has 0 radical (unpaired) electrons. The molecule has 1 amide bonds. The van der Waals surface area contributed by atoms with Gasteiger partial charge in [-0.05, 0) is 25.7 Å². The molecule has 168 valence electrons. The lowest BCUT2D eigenvalue weighted by Crippen LogP contribution is -2.42. The number of ether oxygens (including phenoxy) is 1. The number of aliphatic carboxylic acids is 1. The number of rotatable bonds is 8. The van der Waals surface area contributed by atoms with Crippen molar-refractivity contribution in [2.24, 2.45) is 5.92 Å². The van der Waals surface area contributed by atoms with Crippen molar-refractivity contribution < 1.29 is 24.2 Å². The van der Waals surface area contributed by atoms with Gasteiger partial charge in [0.15, 0.2) is 0 Å². The monoisotopic (exact) mass is 430 g/mol. The van der Waals surface area contributed by atoms with Crippen LogP contribution in [0.2, 0.25) is 0 Å². The first-order valence-electron chi connectivity index (χ1n) is 10.8. The molecule has 1 atom stereocenters. The minimum atomic E-state index is -1.18. The van der Waals surface area contributed by atoms with Crippen LogP contribution in [0.15, 0.2) is 0 Å². The molecule has 2 saturated carbocycles. The van der Waals surface area contributed by atoms with Gasteiger partial charge in [-0.3, -0.25) is 14.4 Å². The maximum Gasteiger partial charge on any atom is 0.325 e. The Labute approximate surface area is 180 Å². The minimum Gasteiger partial charge on any atom is -0.480 e. The summed E-state index contributed by atoms with van der Waals surface area (Å²) in [6.45, 7) is 0.729. The van der Waals surface area contributed by atoms with E-state index in [0.29, 0.717) is 0 Å². The highest BCUT2D eigenvalue weighted by Gasteiger charge is 2.24. The first kappa shape index (κ1) is 25.8. The number of carbonyl (C=O) groups excluding carboxylic acids is 2. The van der Waals surface area contributed by atoms with Crippen molar-refractivity contribution in [1.82, 2.24) is 10.2 Å². The maximum absolute atomic E-state index is 11.7. The maximum atomic E-state index is 11.7. The van der Waals surface area contributed by atoms with E-state index in [-0.39, 0.29) is 12.3 Å². The normalized spacial score (nSPS) is 18.9. The van der Waals surface area contributed by atoms with Gasteiger partial charge in [0.2, 0.25) is 5.91 Å². The predicted molar refractivity (Wildman–Crippen MR) is 116 cm³/mol. The number of carbonyl (C=O) groups is 3. The smallest absolute Gasteiger partial charge is 0.325 e. The molecule has 0 bridgehead atoms. The average Bonchev–Trinajstić information content (AvgIpc) is 2.73. The largest absolute Gasteiger partial charge is 0.480 e. The number of thiol groups is 1. The van der Waals surface area contributed by atoms with E-state index < -0.39 is 30.3 Å². The van der Waals surface area contributed by atoms with Gasteiger partial charge in [-0.1, -0.05) is 45.4 Å². The fourth-order valence-corrected chi connectivity index (χ4v) is 4.01. The molecule has 1 unspecified atom stereocenters. The molecule has 0 heterocycles. The van der Waals surface area contributed by atoms with Gasteiger partial charge in [0.25, 0.3) is 0 Å². The van der Waals surface area contributed by atoms with Gasteiger partial charge in [-0.2, -0.15) is 12.6 Å². The summed E-state index contributed by atoms with van der Waals surface area (Å²) in [5.41, 5.74) is 0. The second-order valence-electron chi connectivity index (χ2n) is 8.08. The third kappa shape index (κ3) is 10.9. The van der Waals surface area contributed by atoms with Crippen molar-refractivity contribution in [3.05, 3.63) is 0 Å². The summed E-state index contributed by atoms with van der Waals surface area (Å²) in [5.74, 6) is -2.41. The highest BCUT2D eigenvalue weighted by atomic mass is 32.1. The highest BCUT2D eigenvalue weighted by Crippen LogP contribution is 2.22. The Kier molecular flexibility index (Phi) is 13.0. The molecule has 2 fully saturated rings. The van der Waals surface area contributed by atoms with Crippen molar-refractivity contribution in [2.45, 2.75) is 83.2 Å². The van der Waals surface area contributed by atoms with Crippen molar-refractivity contribution >= 4 is 30.5 Å². The molecule has 0 aliphatic heterocycles. The van der Waals surface area contributed by atoms with Crippen molar-refractivity contribution in [2.75, 3.05) is 26.0 Å². The van der Waals surface area contributed by atoms with E-state index in [4.69, 9.17) is 5.11 Å². The second kappa shape index (κ2) is 14.7. The Morgan fingerprint density at radius 1 is 1.00 bits per heavy atom. The number of hydrogen-bond donors (Lipinski definition) is 3. The Bertz CT molecular complexity index is 489. The van der Waals surface area contributed by atoms with Crippen LogP contribution in [0, 0.1) is 5.92 Å². The van der Waals surface area contributed by atoms with E-state index in [1.807, 2.05) is 0 Å². The van der Waals surface area contributed by atoms with Gasteiger partial charge in [-0.25, -0.2) is 0 Å². The topological polar surface area (TPSA) is 95.9 Å². The van der Waals surface area contributed by atoms with Crippen LogP contribution < -0.4 is 5.32 Å². The molecule has 29 heavy (non-hydrogen) atoms. The van der Waals surface area contributed by atoms with Crippen LogP contribution in [0.5, 0.6) is 0 Å². The van der Waals surface area contributed by atoms with Crippen LogP contribution in [-0.4, -0.2) is 65.9 Å². The quantitative estimate of drug-likeness (QED) is 0.405. The second-order valence-corrected chi connectivity index (χ2v) is 8.45. The molecule has 0 spiro atoms. The molecule has 0 saturated heterocycles. The van der Waals surface area contributed by atoms with E-state index in [2.05, 4.69) is 22.7 Å². The molecule has 2 aliphatic rings. The molecular weight excluding hydrogens is 392 g/mol. The lowest BCUT2D eigenvalue weighted by atomic mass is 9.91. The van der Waals surface area contributed by atoms with E-state index in [1.165, 1.54) is 71.3 Å². The van der Waals surface area contributed by atoms with E-state index in [0.717, 1.165) is 17.0 Å². The first-order valence-corrected chi connectivity index (χ1v) is 11.4. The number of nitrogens with one attached hydrogen (secondary N) is 1. The zero-order chi connectivity index (χ0) is 21.6. The number of carboxylic acids is 1. The SMILES string of the molecule is C1CCC(NC2CCCCC2)CC1.COC(=O)CN(CC(=O)O)C(=O)C(C)CS. The van der Waals surface area contributed by atoms with Crippen LogP contribution >= 0.6 is 12.6 Å². The standard InChI is InChI=1S/C12H23N.C9H15NO5S/c1-3-7-11(8-4-1)13-12-9-5-2-6-10-12;1-6(5-16)9(14)10(3-7(11)12)4-8(13)15-2/h11-13H,1-10H2;6,16H,3-5H2,1-2H3,(H,11,12). The van der Waals surface area contributed by atoms with E-state index in [9.17, 15) is 14.4 Å². The fraction of sp³-hybridized carbons (Fsp3) is 0.857. The van der Waals surface area contributed by atoms with Crippen LogP contribution in [0.3, 0.4) is 0 Å². The van der Waals surface area contributed by atoms with Crippen molar-refractivity contribution in [1.29, 1.82) is 0 Å². The number of methoxy groups -OCH3 is 1. The molecule has 2 rings (SSSR count). The highest BCUT2D eigenvalue weighted by molar-refractivity contribution is 7.80. The summed E-state index contributed by atoms with van der Waals surface area (Å²) in [4.78, 5) is 34.1. The number of amides is 1. The molecule has 8 heteroatoms. The first-order chi connectivity index (χ1) is 13.9. The molecular formula is C21H38N2O5S. The minimum absolute atomic E-state index is 0.288. The summed E-state index contributed by atoms with van der Waals surface area (Å²) < 4.78 is 4.38. The Balaban J connectivity index is 0.000000294. The number of hydrogen-bond acceptors (Lipinski definition) is 6. The Hall–Kier alpha value is -1.28. The van der Waals surface area contributed by atoms with Crippen molar-refractivity contribution in [3.8, 4) is 0 Å². The predicted octanol–water partition coefficient (Wildman–Crippen LogP) is 2.88. The zero-order valence-corrected chi connectivity index (χ0v) is 18.8. The Morgan fingerprint density at radius 3 is 1.86 bits per heavy atom.